The number of likely N-dealkylation sites (N-methyl/N-ethyl adjacent to an activating group) is 1. The van der Waals surface area contributed by atoms with Crippen molar-refractivity contribution in [3.8, 4) is 0 Å². The van der Waals surface area contributed by atoms with Crippen LogP contribution in [0.15, 0.2) is 18.2 Å². The molecule has 1 fully saturated rings. The van der Waals surface area contributed by atoms with Crippen molar-refractivity contribution in [3.05, 3.63) is 18.2 Å². The first-order valence-electron chi connectivity index (χ1n) is 5.72. The number of anilines is 2. The van der Waals surface area contributed by atoms with Gasteiger partial charge in [-0.15, -0.1) is 0 Å². The second-order valence-electron chi connectivity index (χ2n) is 4.83. The van der Waals surface area contributed by atoms with Crippen molar-refractivity contribution in [1.82, 2.24) is 9.88 Å². The first kappa shape index (κ1) is 11.2. The highest BCUT2D eigenvalue weighted by molar-refractivity contribution is 5.46. The molecule has 2 atom stereocenters. The molecular weight excluding hydrogens is 200 g/mol. The minimum atomic E-state index is 0.596. The number of aromatic nitrogens is 1. The molecule has 4 nitrogen and oxygen atoms in total. The lowest BCUT2D eigenvalue weighted by Crippen LogP contribution is -2.34. The van der Waals surface area contributed by atoms with Crippen LogP contribution in [-0.4, -0.2) is 43.1 Å². The van der Waals surface area contributed by atoms with Gasteiger partial charge >= 0.3 is 0 Å². The zero-order valence-electron chi connectivity index (χ0n) is 10.2. The quantitative estimate of drug-likeness (QED) is 0.809. The van der Waals surface area contributed by atoms with E-state index in [0.717, 1.165) is 18.9 Å². The van der Waals surface area contributed by atoms with E-state index in [0.29, 0.717) is 17.8 Å². The molecule has 0 spiro atoms. The van der Waals surface area contributed by atoms with Crippen molar-refractivity contribution in [3.63, 3.8) is 0 Å². The normalized spacial score (nSPS) is 25.4. The van der Waals surface area contributed by atoms with Crippen LogP contribution in [0.5, 0.6) is 0 Å². The van der Waals surface area contributed by atoms with Gasteiger partial charge in [0.25, 0.3) is 0 Å². The SMILES string of the molecule is CC1CN(c2cccc(N)n2)CC1N(C)C. The average molecular weight is 220 g/mol. The van der Waals surface area contributed by atoms with E-state index in [2.05, 4.69) is 35.8 Å². The number of nitrogens with zero attached hydrogens (tertiary/aromatic N) is 3. The van der Waals surface area contributed by atoms with Crippen LogP contribution in [0, 0.1) is 5.92 Å². The van der Waals surface area contributed by atoms with Gasteiger partial charge in [0.15, 0.2) is 0 Å². The second kappa shape index (κ2) is 4.29. The van der Waals surface area contributed by atoms with Crippen LogP contribution in [0.25, 0.3) is 0 Å². The molecule has 0 aromatic carbocycles. The molecular formula is C12H20N4. The van der Waals surface area contributed by atoms with Crippen molar-refractivity contribution in [2.75, 3.05) is 37.8 Å². The number of rotatable bonds is 2. The highest BCUT2D eigenvalue weighted by Gasteiger charge is 2.31. The predicted octanol–water partition coefficient (Wildman–Crippen LogP) is 1.05. The molecule has 16 heavy (non-hydrogen) atoms. The van der Waals surface area contributed by atoms with Gasteiger partial charge in [-0.3, -0.25) is 0 Å². The van der Waals surface area contributed by atoms with Gasteiger partial charge in [-0.1, -0.05) is 13.0 Å². The fraction of sp³-hybridized carbons (Fsp3) is 0.583. The maximum atomic E-state index is 5.71. The number of hydrogen-bond donors (Lipinski definition) is 1. The Morgan fingerprint density at radius 2 is 2.12 bits per heavy atom. The van der Waals surface area contributed by atoms with E-state index < -0.39 is 0 Å². The Morgan fingerprint density at radius 1 is 1.38 bits per heavy atom. The van der Waals surface area contributed by atoms with Gasteiger partial charge in [0.2, 0.25) is 0 Å². The Kier molecular flexibility index (Phi) is 3.01. The Labute approximate surface area is 97.1 Å². The van der Waals surface area contributed by atoms with Crippen LogP contribution in [0.2, 0.25) is 0 Å². The minimum absolute atomic E-state index is 0.596. The molecule has 0 bridgehead atoms. The second-order valence-corrected chi connectivity index (χ2v) is 4.83. The molecule has 1 aliphatic rings. The molecule has 0 radical (unpaired) electrons. The first-order valence-corrected chi connectivity index (χ1v) is 5.72. The molecule has 1 aliphatic heterocycles. The van der Waals surface area contributed by atoms with Gasteiger partial charge < -0.3 is 15.5 Å². The van der Waals surface area contributed by atoms with E-state index in [1.54, 1.807) is 0 Å². The summed E-state index contributed by atoms with van der Waals surface area (Å²) in [4.78, 5) is 8.97. The third-order valence-corrected chi connectivity index (χ3v) is 3.32. The summed E-state index contributed by atoms with van der Waals surface area (Å²) < 4.78 is 0. The first-order chi connectivity index (χ1) is 7.58. The van der Waals surface area contributed by atoms with Crippen LogP contribution in [0.3, 0.4) is 0 Å². The van der Waals surface area contributed by atoms with E-state index in [4.69, 9.17) is 5.73 Å². The highest BCUT2D eigenvalue weighted by Crippen LogP contribution is 2.24. The van der Waals surface area contributed by atoms with E-state index in [1.165, 1.54) is 0 Å². The van der Waals surface area contributed by atoms with Crippen LogP contribution in [0.4, 0.5) is 11.6 Å². The summed E-state index contributed by atoms with van der Waals surface area (Å²) >= 11 is 0. The van der Waals surface area contributed by atoms with E-state index in [9.17, 15) is 0 Å². The summed E-state index contributed by atoms with van der Waals surface area (Å²) in [6, 6.07) is 6.42. The third kappa shape index (κ3) is 2.11. The lowest BCUT2D eigenvalue weighted by atomic mass is 10.1. The third-order valence-electron chi connectivity index (χ3n) is 3.32. The van der Waals surface area contributed by atoms with Crippen molar-refractivity contribution >= 4 is 11.6 Å². The Morgan fingerprint density at radius 3 is 2.69 bits per heavy atom. The lowest BCUT2D eigenvalue weighted by molar-refractivity contribution is 0.266. The molecule has 0 aliphatic carbocycles. The fourth-order valence-corrected chi connectivity index (χ4v) is 2.42. The highest BCUT2D eigenvalue weighted by atomic mass is 15.3. The number of nitrogen functional groups attached to an aromatic ring is 1. The molecule has 4 heteroatoms. The molecule has 2 unspecified atom stereocenters. The fourth-order valence-electron chi connectivity index (χ4n) is 2.42. The van der Waals surface area contributed by atoms with E-state index in [-0.39, 0.29) is 0 Å². The van der Waals surface area contributed by atoms with Gasteiger partial charge in [0.1, 0.15) is 11.6 Å². The topological polar surface area (TPSA) is 45.4 Å². The zero-order chi connectivity index (χ0) is 11.7. The molecule has 88 valence electrons. The summed E-state index contributed by atoms with van der Waals surface area (Å²) in [6.07, 6.45) is 0. The van der Waals surface area contributed by atoms with Crippen molar-refractivity contribution in [2.45, 2.75) is 13.0 Å². The summed E-state index contributed by atoms with van der Waals surface area (Å²) in [5.74, 6) is 2.26. The Bertz CT molecular complexity index is 364. The minimum Gasteiger partial charge on any atom is -0.384 e. The van der Waals surface area contributed by atoms with Crippen LogP contribution in [-0.2, 0) is 0 Å². The molecule has 2 heterocycles. The van der Waals surface area contributed by atoms with Crippen LogP contribution < -0.4 is 10.6 Å². The summed E-state index contributed by atoms with van der Waals surface area (Å²) in [5.41, 5.74) is 5.71. The monoisotopic (exact) mass is 220 g/mol. The van der Waals surface area contributed by atoms with Crippen LogP contribution >= 0.6 is 0 Å². The molecule has 2 rings (SSSR count). The Balaban J connectivity index is 2.13. The zero-order valence-corrected chi connectivity index (χ0v) is 10.2. The van der Waals surface area contributed by atoms with Gasteiger partial charge in [-0.2, -0.15) is 0 Å². The number of pyridine rings is 1. The van der Waals surface area contributed by atoms with Gasteiger partial charge in [-0.05, 0) is 32.1 Å². The smallest absolute Gasteiger partial charge is 0.131 e. The summed E-state index contributed by atoms with van der Waals surface area (Å²) in [6.45, 7) is 4.38. The largest absolute Gasteiger partial charge is 0.384 e. The van der Waals surface area contributed by atoms with Crippen molar-refractivity contribution < 1.29 is 0 Å². The van der Waals surface area contributed by atoms with E-state index in [1.807, 2.05) is 18.2 Å². The van der Waals surface area contributed by atoms with Gasteiger partial charge in [0.05, 0.1) is 0 Å². The summed E-state index contributed by atoms with van der Waals surface area (Å²) in [7, 11) is 4.27. The van der Waals surface area contributed by atoms with Crippen molar-refractivity contribution in [1.29, 1.82) is 0 Å². The molecule has 1 saturated heterocycles. The molecule has 0 amide bonds. The standard InChI is InChI=1S/C12H20N4/c1-9-7-16(8-10(9)15(2)3)12-6-4-5-11(13)14-12/h4-6,9-10H,7-8H2,1-3H3,(H2,13,14). The Hall–Kier alpha value is -1.29. The molecule has 1 aromatic rings. The van der Waals surface area contributed by atoms with Gasteiger partial charge in [-0.25, -0.2) is 4.98 Å². The predicted molar refractivity (Wildman–Crippen MR) is 67.5 cm³/mol. The van der Waals surface area contributed by atoms with Crippen molar-refractivity contribution in [2.24, 2.45) is 5.92 Å². The van der Waals surface area contributed by atoms with Gasteiger partial charge in [0, 0.05) is 19.1 Å². The maximum absolute atomic E-state index is 5.71. The molecule has 0 saturated carbocycles. The lowest BCUT2D eigenvalue weighted by Gasteiger charge is -2.22. The van der Waals surface area contributed by atoms with Crippen LogP contribution in [0.1, 0.15) is 6.92 Å². The average Bonchev–Trinajstić information content (AvgIpc) is 2.60. The number of nitrogens with two attached hydrogens (primary N) is 1. The number of hydrogen-bond acceptors (Lipinski definition) is 4. The summed E-state index contributed by atoms with van der Waals surface area (Å²) in [5, 5.41) is 0. The maximum Gasteiger partial charge on any atom is 0.131 e. The molecule has 2 N–H and O–H groups in total. The van der Waals surface area contributed by atoms with E-state index >= 15 is 0 Å². The molecule has 1 aromatic heterocycles.